The molecule has 0 radical (unpaired) electrons. The average molecular weight is 342 g/mol. The summed E-state index contributed by atoms with van der Waals surface area (Å²) in [4.78, 5) is 13.6. The number of hydrogen-bond donors (Lipinski definition) is 2. The van der Waals surface area contributed by atoms with Crippen LogP contribution in [-0.4, -0.2) is 58.5 Å². The van der Waals surface area contributed by atoms with Crippen molar-refractivity contribution in [2.24, 2.45) is 0 Å². The summed E-state index contributed by atoms with van der Waals surface area (Å²) >= 11 is 0. The minimum atomic E-state index is -0.507. The lowest BCUT2D eigenvalue weighted by Crippen LogP contribution is -2.34. The van der Waals surface area contributed by atoms with Gasteiger partial charge in [0.05, 0.1) is 13.2 Å². The van der Waals surface area contributed by atoms with Crippen LogP contribution >= 0.6 is 0 Å². The summed E-state index contributed by atoms with van der Waals surface area (Å²) in [6.07, 6.45) is 0.399. The van der Waals surface area contributed by atoms with Crippen molar-refractivity contribution in [1.82, 2.24) is 15.1 Å². The van der Waals surface area contributed by atoms with Gasteiger partial charge in [0.2, 0.25) is 0 Å². The second-order valence-corrected chi connectivity index (χ2v) is 6.13. The number of hydrogen-bond acceptors (Lipinski definition) is 7. The molecule has 1 saturated heterocycles. The molecule has 2 N–H and O–H groups in total. The first-order valence-electron chi connectivity index (χ1n) is 8.27. The summed E-state index contributed by atoms with van der Waals surface area (Å²) in [5, 5.41) is 21.1. The van der Waals surface area contributed by atoms with Gasteiger partial charge in [-0.25, -0.2) is 4.79 Å². The number of rotatable bonds is 6. The normalized spacial score (nSPS) is 20.4. The highest BCUT2D eigenvalue weighted by molar-refractivity contribution is 5.86. The van der Waals surface area contributed by atoms with Gasteiger partial charge < -0.3 is 15.2 Å². The molecule has 1 aliphatic heterocycles. The second-order valence-electron chi connectivity index (χ2n) is 6.13. The molecule has 0 amide bonds. The summed E-state index contributed by atoms with van der Waals surface area (Å²) in [5.41, 5.74) is 1.40. The van der Waals surface area contributed by atoms with Crippen molar-refractivity contribution in [3.05, 3.63) is 53.7 Å². The van der Waals surface area contributed by atoms with Crippen LogP contribution in [0.15, 0.2) is 42.5 Å². The molecule has 1 fully saturated rings. The van der Waals surface area contributed by atoms with Gasteiger partial charge in [0.25, 0.3) is 0 Å². The van der Waals surface area contributed by atoms with Gasteiger partial charge >= 0.3 is 5.97 Å². The highest BCUT2D eigenvalue weighted by Gasteiger charge is 2.30. The number of anilines is 1. The van der Waals surface area contributed by atoms with E-state index in [0.717, 1.165) is 6.54 Å². The first-order chi connectivity index (χ1) is 12.2. The summed E-state index contributed by atoms with van der Waals surface area (Å²) in [5.74, 6) is 0.0840. The van der Waals surface area contributed by atoms with E-state index in [2.05, 4.69) is 37.3 Å². The molecule has 7 heteroatoms. The van der Waals surface area contributed by atoms with Crippen molar-refractivity contribution in [2.45, 2.75) is 25.1 Å². The molecule has 2 heterocycles. The Morgan fingerprint density at radius 1 is 1.28 bits per heavy atom. The molecule has 25 heavy (non-hydrogen) atoms. The maximum atomic E-state index is 11.4. The second kappa shape index (κ2) is 8.04. The van der Waals surface area contributed by atoms with E-state index in [-0.39, 0.29) is 17.8 Å². The van der Waals surface area contributed by atoms with Gasteiger partial charge in [0, 0.05) is 25.7 Å². The van der Waals surface area contributed by atoms with Crippen LogP contribution in [0.3, 0.4) is 0 Å². The Hall–Kier alpha value is -2.51. The summed E-state index contributed by atoms with van der Waals surface area (Å²) in [7, 11) is 1.31. The number of methoxy groups -OCH3 is 1. The van der Waals surface area contributed by atoms with Gasteiger partial charge in [-0.1, -0.05) is 30.3 Å². The van der Waals surface area contributed by atoms with Crippen LogP contribution in [0.4, 0.5) is 5.82 Å². The Morgan fingerprint density at radius 3 is 2.76 bits per heavy atom. The monoisotopic (exact) mass is 342 g/mol. The molecule has 132 valence electrons. The van der Waals surface area contributed by atoms with E-state index in [9.17, 15) is 9.90 Å². The molecule has 0 saturated carbocycles. The molecule has 7 nitrogen and oxygen atoms in total. The molecule has 1 aromatic heterocycles. The SMILES string of the molecule is COC(=O)c1ccc(NCC2CC(O)CN2Cc2ccccc2)nn1. The highest BCUT2D eigenvalue weighted by Crippen LogP contribution is 2.21. The van der Waals surface area contributed by atoms with Crippen molar-refractivity contribution in [1.29, 1.82) is 0 Å². The maximum absolute atomic E-state index is 11.4. The fourth-order valence-electron chi connectivity index (χ4n) is 3.04. The van der Waals surface area contributed by atoms with E-state index in [0.29, 0.717) is 25.3 Å². The van der Waals surface area contributed by atoms with E-state index in [4.69, 9.17) is 0 Å². The van der Waals surface area contributed by atoms with Crippen LogP contribution in [0.5, 0.6) is 0 Å². The molecule has 2 aromatic rings. The predicted octanol–water partition coefficient (Wildman–Crippen LogP) is 1.31. The lowest BCUT2D eigenvalue weighted by molar-refractivity contribution is 0.0592. The van der Waals surface area contributed by atoms with E-state index in [1.165, 1.54) is 12.7 Å². The summed E-state index contributed by atoms with van der Waals surface area (Å²) in [6.45, 7) is 2.11. The summed E-state index contributed by atoms with van der Waals surface area (Å²) < 4.78 is 4.60. The van der Waals surface area contributed by atoms with Crippen LogP contribution < -0.4 is 5.32 Å². The number of carbonyl (C=O) groups excluding carboxylic acids is 1. The van der Waals surface area contributed by atoms with Gasteiger partial charge in [-0.05, 0) is 24.1 Å². The number of likely N-dealkylation sites (tertiary alicyclic amines) is 1. The molecular formula is C18H22N4O3. The Kier molecular flexibility index (Phi) is 5.57. The van der Waals surface area contributed by atoms with Crippen molar-refractivity contribution in [3.63, 3.8) is 0 Å². The lowest BCUT2D eigenvalue weighted by atomic mass is 10.1. The van der Waals surface area contributed by atoms with Gasteiger partial charge in [-0.3, -0.25) is 4.90 Å². The van der Waals surface area contributed by atoms with E-state index < -0.39 is 5.97 Å². The number of ether oxygens (including phenoxy) is 1. The fourth-order valence-corrected chi connectivity index (χ4v) is 3.04. The van der Waals surface area contributed by atoms with E-state index >= 15 is 0 Å². The topological polar surface area (TPSA) is 87.6 Å². The zero-order valence-electron chi connectivity index (χ0n) is 14.1. The quantitative estimate of drug-likeness (QED) is 0.765. The standard InChI is InChI=1S/C18H22N4O3/c1-25-18(24)16-7-8-17(21-20-16)19-10-14-9-15(23)12-22(14)11-13-5-3-2-4-6-13/h2-8,14-15,23H,9-12H2,1H3,(H,19,21). The van der Waals surface area contributed by atoms with Crippen LogP contribution in [0.2, 0.25) is 0 Å². The highest BCUT2D eigenvalue weighted by atomic mass is 16.5. The first-order valence-corrected chi connectivity index (χ1v) is 8.27. The van der Waals surface area contributed by atoms with Crippen molar-refractivity contribution < 1.29 is 14.6 Å². The van der Waals surface area contributed by atoms with E-state index in [1.807, 2.05) is 18.2 Å². The molecule has 1 aromatic carbocycles. The number of aliphatic hydroxyl groups is 1. The average Bonchev–Trinajstić information content (AvgIpc) is 3.00. The zero-order valence-corrected chi connectivity index (χ0v) is 14.1. The van der Waals surface area contributed by atoms with Gasteiger partial charge in [0.1, 0.15) is 5.82 Å². The van der Waals surface area contributed by atoms with Crippen LogP contribution in [0, 0.1) is 0 Å². The number of aromatic nitrogens is 2. The number of benzene rings is 1. The van der Waals surface area contributed by atoms with E-state index in [1.54, 1.807) is 12.1 Å². The first kappa shape index (κ1) is 17.3. The number of β-amino-alcohol motifs (C(OH)–C–C–N with tert-alkyl or cyclic N) is 1. The van der Waals surface area contributed by atoms with Crippen LogP contribution in [0.1, 0.15) is 22.5 Å². The Bertz CT molecular complexity index is 693. The predicted molar refractivity (Wildman–Crippen MR) is 93.1 cm³/mol. The molecule has 0 bridgehead atoms. The molecule has 0 aliphatic carbocycles. The maximum Gasteiger partial charge on any atom is 0.358 e. The molecule has 3 rings (SSSR count). The Balaban J connectivity index is 1.58. The minimum absolute atomic E-state index is 0.176. The van der Waals surface area contributed by atoms with Gasteiger partial charge in [-0.15, -0.1) is 10.2 Å². The largest absolute Gasteiger partial charge is 0.464 e. The smallest absolute Gasteiger partial charge is 0.358 e. The number of aliphatic hydroxyl groups excluding tert-OH is 1. The van der Waals surface area contributed by atoms with Gasteiger partial charge in [0.15, 0.2) is 5.69 Å². The van der Waals surface area contributed by atoms with Crippen molar-refractivity contribution in [2.75, 3.05) is 25.5 Å². The number of esters is 1. The molecule has 0 spiro atoms. The number of nitrogens with one attached hydrogen (secondary N) is 1. The lowest BCUT2D eigenvalue weighted by Gasteiger charge is -2.24. The zero-order chi connectivity index (χ0) is 17.6. The Labute approximate surface area is 146 Å². The molecular weight excluding hydrogens is 320 g/mol. The third-order valence-electron chi connectivity index (χ3n) is 4.31. The number of nitrogens with zero attached hydrogens (tertiary/aromatic N) is 3. The third kappa shape index (κ3) is 4.52. The van der Waals surface area contributed by atoms with Crippen molar-refractivity contribution in [3.8, 4) is 0 Å². The summed E-state index contributed by atoms with van der Waals surface area (Å²) in [6, 6.07) is 13.7. The minimum Gasteiger partial charge on any atom is -0.464 e. The molecule has 2 unspecified atom stereocenters. The van der Waals surface area contributed by atoms with Crippen LogP contribution in [-0.2, 0) is 11.3 Å². The van der Waals surface area contributed by atoms with Crippen LogP contribution in [0.25, 0.3) is 0 Å². The molecule has 2 atom stereocenters. The third-order valence-corrected chi connectivity index (χ3v) is 4.31. The Morgan fingerprint density at radius 2 is 2.08 bits per heavy atom. The molecule has 1 aliphatic rings. The van der Waals surface area contributed by atoms with Crippen molar-refractivity contribution >= 4 is 11.8 Å². The van der Waals surface area contributed by atoms with Gasteiger partial charge in [-0.2, -0.15) is 0 Å². The number of carbonyl (C=O) groups is 1. The fraction of sp³-hybridized carbons (Fsp3) is 0.389.